The summed E-state index contributed by atoms with van der Waals surface area (Å²) in [6.07, 6.45) is 23.2. The number of Topliss-reactive ketones (excluding diaryl/α,β-unsaturated/α-hetero) is 7. The summed E-state index contributed by atoms with van der Waals surface area (Å²) in [5.74, 6) is 2.04. The Labute approximate surface area is 467 Å². The van der Waals surface area contributed by atoms with Gasteiger partial charge in [0.2, 0.25) is 0 Å². The van der Waals surface area contributed by atoms with Crippen LogP contribution in [0.1, 0.15) is 223 Å². The molecule has 7 rings (SSSR count). The van der Waals surface area contributed by atoms with Gasteiger partial charge in [-0.25, -0.2) is 0 Å². The minimum atomic E-state index is 0. The molecule has 7 fully saturated rings. The van der Waals surface area contributed by atoms with Gasteiger partial charge in [-0.3, -0.25) is 67.9 Å². The fraction of sp³-hybridized carbons (Fsp3) is 0.885. The number of carbonyl (C=O) groups excluding carboxylic acids is 7. The molecular formula is C61H131N7O7. The highest BCUT2D eigenvalue weighted by molar-refractivity contribution is 5.79. The molecule has 0 aromatic heterocycles. The maximum Gasteiger partial charge on any atom is 0.143 e. The van der Waals surface area contributed by atoms with Crippen LogP contribution in [0.5, 0.6) is 0 Å². The normalized spacial score (nSPS) is 18.5. The molecule has 75 heavy (non-hydrogen) atoms. The molecule has 7 aliphatic rings. The molecule has 0 bridgehead atoms. The molecular weight excluding hydrogens is 943 g/mol. The first-order valence-electron chi connectivity index (χ1n) is 26.5. The molecule has 452 valence electrons. The lowest BCUT2D eigenvalue weighted by atomic mass is 10.1. The summed E-state index contributed by atoms with van der Waals surface area (Å²) in [5.41, 5.74) is 0. The van der Waals surface area contributed by atoms with Crippen molar-refractivity contribution in [3.05, 3.63) is 0 Å². The third-order valence-electron chi connectivity index (χ3n) is 12.5. The first-order chi connectivity index (χ1) is 32.0. The largest absolute Gasteiger partial charge is 0.299 e. The second kappa shape index (κ2) is 57.6. The quantitative estimate of drug-likeness (QED) is 0.163. The van der Waals surface area contributed by atoms with E-state index >= 15 is 0 Å². The van der Waals surface area contributed by atoms with Crippen LogP contribution in [-0.2, 0) is 33.6 Å². The van der Waals surface area contributed by atoms with Crippen LogP contribution < -0.4 is 0 Å². The predicted octanol–water partition coefficient (Wildman–Crippen LogP) is 11.3. The Morgan fingerprint density at radius 1 is 0.187 bits per heavy atom. The second-order valence-corrected chi connectivity index (χ2v) is 20.2. The number of piperidine rings is 4. The van der Waals surface area contributed by atoms with Crippen LogP contribution in [0.4, 0.5) is 0 Å². The molecule has 7 aliphatic heterocycles. The van der Waals surface area contributed by atoms with Gasteiger partial charge in [-0.2, -0.15) is 0 Å². The summed E-state index contributed by atoms with van der Waals surface area (Å²) in [5, 5.41) is 0. The van der Waals surface area contributed by atoms with Crippen LogP contribution in [-0.4, -0.2) is 212 Å². The van der Waals surface area contributed by atoms with Gasteiger partial charge in [0.1, 0.15) is 40.5 Å². The van der Waals surface area contributed by atoms with Crippen molar-refractivity contribution in [2.75, 3.05) is 137 Å². The minimum absolute atomic E-state index is 0. The number of hydrogen-bond donors (Lipinski definition) is 0. The van der Waals surface area contributed by atoms with Gasteiger partial charge in [-0.15, -0.1) is 0 Å². The molecule has 14 nitrogen and oxygen atoms in total. The monoisotopic (exact) mass is 1070 g/mol. The topological polar surface area (TPSA) is 142 Å². The van der Waals surface area contributed by atoms with E-state index in [-0.39, 0.29) is 76.8 Å². The molecule has 0 amide bonds. The third kappa shape index (κ3) is 56.0. The Morgan fingerprint density at radius 3 is 0.347 bits per heavy atom. The molecule has 14 heteroatoms. The van der Waals surface area contributed by atoms with Crippen LogP contribution in [0, 0.1) is 0 Å². The van der Waals surface area contributed by atoms with Crippen LogP contribution in [0.3, 0.4) is 0 Å². The van der Waals surface area contributed by atoms with Crippen molar-refractivity contribution in [1.29, 1.82) is 0 Å². The molecule has 0 unspecified atom stereocenters. The summed E-state index contributed by atoms with van der Waals surface area (Å²) >= 11 is 0. The summed E-state index contributed by atoms with van der Waals surface area (Å²) in [7, 11) is 0. The Morgan fingerprint density at radius 2 is 0.267 bits per heavy atom. The number of nitrogens with zero attached hydrogens (tertiary/aromatic N) is 7. The third-order valence-corrected chi connectivity index (χ3v) is 12.5. The van der Waals surface area contributed by atoms with E-state index in [9.17, 15) is 33.6 Å². The van der Waals surface area contributed by atoms with Crippen LogP contribution in [0.25, 0.3) is 0 Å². The number of rotatable bonds is 14. The fourth-order valence-electron chi connectivity index (χ4n) is 9.50. The SMILES string of the molecule is C.C.C.C.C.C.C.C.CC(=O)CN1CCCC1.CC(=O)CN1CCCC1.CC(=O)CN1CCCC1.CC(=O)CN1CCCCC1.CC(=O)CN1CCCCC1.CC(=O)CN1CCCCC1.CC(=O)CN1CCCCC1. The standard InChI is InChI=1S/4C8H15NO.3C7H13NO.8CH4/c4*1-8(10)7-9-5-3-2-4-6-9;3*1-7(9)6-8-4-2-3-5-8;;;;;;;;/h4*2-7H2,1H3;3*2-6H2,1H3;8*1H4. The van der Waals surface area contributed by atoms with E-state index in [1.54, 1.807) is 48.5 Å². The number of ketones is 7. The van der Waals surface area contributed by atoms with E-state index in [1.165, 1.54) is 116 Å². The maximum atomic E-state index is 10.7. The molecule has 0 saturated carbocycles. The van der Waals surface area contributed by atoms with Crippen LogP contribution in [0.2, 0.25) is 0 Å². The van der Waals surface area contributed by atoms with E-state index in [4.69, 9.17) is 0 Å². The second-order valence-electron chi connectivity index (χ2n) is 20.2. The van der Waals surface area contributed by atoms with Crippen molar-refractivity contribution < 1.29 is 33.6 Å². The van der Waals surface area contributed by atoms with Gasteiger partial charge in [0.25, 0.3) is 0 Å². The zero-order chi connectivity index (χ0) is 49.7. The van der Waals surface area contributed by atoms with E-state index < -0.39 is 0 Å². The minimum Gasteiger partial charge on any atom is -0.299 e. The zero-order valence-corrected chi connectivity index (χ0v) is 44.1. The highest BCUT2D eigenvalue weighted by atomic mass is 16.1. The van der Waals surface area contributed by atoms with Crippen molar-refractivity contribution in [1.82, 2.24) is 34.3 Å². The maximum absolute atomic E-state index is 10.7. The first kappa shape index (κ1) is 89.0. The highest BCUT2D eigenvalue weighted by Crippen LogP contribution is 2.11. The lowest BCUT2D eigenvalue weighted by Gasteiger charge is -2.24. The summed E-state index contributed by atoms with van der Waals surface area (Å²) < 4.78 is 0. The van der Waals surface area contributed by atoms with Gasteiger partial charge in [0.05, 0.1) is 45.8 Å². The first-order valence-corrected chi connectivity index (χ1v) is 26.5. The van der Waals surface area contributed by atoms with Gasteiger partial charge < -0.3 is 0 Å². The predicted molar refractivity (Wildman–Crippen MR) is 327 cm³/mol. The van der Waals surface area contributed by atoms with Crippen molar-refractivity contribution in [2.45, 2.75) is 223 Å². The van der Waals surface area contributed by atoms with Gasteiger partial charge in [0, 0.05) is 0 Å². The van der Waals surface area contributed by atoms with Gasteiger partial charge >= 0.3 is 0 Å². The lowest BCUT2D eigenvalue weighted by Crippen LogP contribution is -2.33. The zero-order valence-electron chi connectivity index (χ0n) is 44.1. The average molecular weight is 1070 g/mol. The summed E-state index contributed by atoms with van der Waals surface area (Å²) in [6, 6.07) is 0. The number of carbonyl (C=O) groups is 7. The Bertz CT molecular complexity index is 1170. The van der Waals surface area contributed by atoms with Crippen LogP contribution in [0.15, 0.2) is 0 Å². The number of hydrogen-bond acceptors (Lipinski definition) is 14. The Kier molecular flexibility index (Phi) is 68.3. The molecule has 0 aromatic carbocycles. The van der Waals surface area contributed by atoms with E-state index in [1.807, 2.05) is 0 Å². The molecule has 0 atom stereocenters. The fourth-order valence-corrected chi connectivity index (χ4v) is 9.50. The van der Waals surface area contributed by atoms with Crippen molar-refractivity contribution in [2.24, 2.45) is 0 Å². The summed E-state index contributed by atoms with van der Waals surface area (Å²) in [6.45, 7) is 32.0. The Hall–Kier alpha value is -2.59. The van der Waals surface area contributed by atoms with E-state index in [0.717, 1.165) is 91.6 Å². The Balaban J connectivity index is -0.000000114. The van der Waals surface area contributed by atoms with Gasteiger partial charge in [-0.05, 0) is 230 Å². The van der Waals surface area contributed by atoms with Crippen molar-refractivity contribution in [3.8, 4) is 0 Å². The molecule has 0 aromatic rings. The smallest absolute Gasteiger partial charge is 0.143 e. The summed E-state index contributed by atoms with van der Waals surface area (Å²) in [4.78, 5) is 90.0. The molecule has 0 radical (unpaired) electrons. The molecule has 0 N–H and O–H groups in total. The average Bonchev–Trinajstić information content (AvgIpc) is 4.09. The molecule has 7 saturated heterocycles. The van der Waals surface area contributed by atoms with Crippen molar-refractivity contribution in [3.63, 3.8) is 0 Å². The highest BCUT2D eigenvalue weighted by Gasteiger charge is 2.16. The van der Waals surface area contributed by atoms with Gasteiger partial charge in [-0.1, -0.05) is 85.1 Å². The number of likely N-dealkylation sites (tertiary alicyclic amines) is 7. The molecule has 7 heterocycles. The van der Waals surface area contributed by atoms with Crippen molar-refractivity contribution >= 4 is 40.5 Å². The van der Waals surface area contributed by atoms with Crippen LogP contribution >= 0.6 is 0 Å². The van der Waals surface area contributed by atoms with Gasteiger partial charge in [0.15, 0.2) is 0 Å². The lowest BCUT2D eigenvalue weighted by molar-refractivity contribution is -0.119. The van der Waals surface area contributed by atoms with E-state index in [0.29, 0.717) is 68.9 Å². The molecule has 0 spiro atoms. The molecule has 0 aliphatic carbocycles. The van der Waals surface area contributed by atoms with E-state index in [2.05, 4.69) is 34.3 Å².